The Balaban J connectivity index is 1.95. The van der Waals surface area contributed by atoms with Crippen molar-refractivity contribution in [1.82, 2.24) is 9.97 Å². The molecule has 2 aromatic carbocycles. The maximum absolute atomic E-state index is 13.0. The van der Waals surface area contributed by atoms with Gasteiger partial charge in [-0.3, -0.25) is 14.6 Å². The van der Waals surface area contributed by atoms with Gasteiger partial charge >= 0.3 is 0 Å². The molecule has 0 amide bonds. The molecule has 0 bridgehead atoms. The van der Waals surface area contributed by atoms with Crippen LogP contribution in [0.25, 0.3) is 28.1 Å². The summed E-state index contributed by atoms with van der Waals surface area (Å²) < 4.78 is 0. The van der Waals surface area contributed by atoms with Crippen LogP contribution in [0.15, 0.2) is 83.8 Å². The van der Waals surface area contributed by atoms with Crippen LogP contribution >= 0.6 is 11.6 Å². The van der Waals surface area contributed by atoms with Crippen molar-refractivity contribution in [3.63, 3.8) is 0 Å². The van der Waals surface area contributed by atoms with Crippen LogP contribution in [0, 0.1) is 0 Å². The van der Waals surface area contributed by atoms with Crippen molar-refractivity contribution in [3.05, 3.63) is 106 Å². The molecular weight excluding hydrogens is 372 g/mol. The van der Waals surface area contributed by atoms with E-state index in [1.54, 1.807) is 42.6 Å². The second-order valence-corrected chi connectivity index (χ2v) is 6.65. The largest absolute Gasteiger partial charge is 0.321 e. The third-order valence-electron chi connectivity index (χ3n) is 4.38. The molecule has 0 saturated carbocycles. The fourth-order valence-electron chi connectivity index (χ4n) is 3.12. The summed E-state index contributed by atoms with van der Waals surface area (Å²) in [5.41, 5.74) is 2.24. The molecule has 4 nitrogen and oxygen atoms in total. The molecular formula is C23H15ClN2O2. The van der Waals surface area contributed by atoms with Crippen molar-refractivity contribution in [2.24, 2.45) is 0 Å². The minimum absolute atomic E-state index is 0.0770. The van der Waals surface area contributed by atoms with Crippen LogP contribution in [0.2, 0.25) is 5.02 Å². The summed E-state index contributed by atoms with van der Waals surface area (Å²) in [6.07, 6.45) is 4.61. The molecule has 0 saturated heterocycles. The molecule has 2 heterocycles. The van der Waals surface area contributed by atoms with E-state index in [2.05, 4.69) is 9.97 Å². The second-order valence-electron chi connectivity index (χ2n) is 6.21. The van der Waals surface area contributed by atoms with Gasteiger partial charge in [-0.15, -0.1) is 0 Å². The second kappa shape index (κ2) is 7.62. The fourth-order valence-corrected chi connectivity index (χ4v) is 3.30. The molecule has 0 radical (unpaired) electrons. The molecule has 4 aromatic rings. The summed E-state index contributed by atoms with van der Waals surface area (Å²) in [5, 5.41) is 1.24. The number of aromatic amines is 1. The van der Waals surface area contributed by atoms with E-state index in [1.807, 2.05) is 36.4 Å². The predicted molar refractivity (Wildman–Crippen MR) is 113 cm³/mol. The minimum atomic E-state index is -0.440. The van der Waals surface area contributed by atoms with Gasteiger partial charge in [-0.1, -0.05) is 48.0 Å². The van der Waals surface area contributed by atoms with E-state index in [0.717, 1.165) is 5.56 Å². The van der Waals surface area contributed by atoms with Gasteiger partial charge in [-0.05, 0) is 48.0 Å². The van der Waals surface area contributed by atoms with Crippen molar-refractivity contribution >= 4 is 34.4 Å². The van der Waals surface area contributed by atoms with Gasteiger partial charge in [0.05, 0.1) is 11.3 Å². The van der Waals surface area contributed by atoms with Gasteiger partial charge < -0.3 is 4.98 Å². The number of benzene rings is 2. The van der Waals surface area contributed by atoms with E-state index in [4.69, 9.17) is 11.6 Å². The number of rotatable bonds is 4. The molecule has 5 heteroatoms. The Hall–Kier alpha value is -3.50. The molecule has 0 aliphatic carbocycles. The van der Waals surface area contributed by atoms with E-state index >= 15 is 0 Å². The smallest absolute Gasteiger partial charge is 0.260 e. The Morgan fingerprint density at radius 3 is 2.54 bits per heavy atom. The lowest BCUT2D eigenvalue weighted by molar-refractivity contribution is 0.104. The van der Waals surface area contributed by atoms with Crippen molar-refractivity contribution in [2.45, 2.75) is 0 Å². The van der Waals surface area contributed by atoms with Crippen LogP contribution in [-0.4, -0.2) is 15.8 Å². The molecule has 28 heavy (non-hydrogen) atoms. The van der Waals surface area contributed by atoms with Crippen molar-refractivity contribution in [3.8, 4) is 11.1 Å². The van der Waals surface area contributed by atoms with Crippen molar-refractivity contribution in [2.75, 3.05) is 0 Å². The van der Waals surface area contributed by atoms with E-state index in [9.17, 15) is 9.59 Å². The molecule has 0 spiro atoms. The Morgan fingerprint density at radius 1 is 1.00 bits per heavy atom. The number of pyridine rings is 2. The number of fused-ring (bicyclic) bond motifs is 1. The van der Waals surface area contributed by atoms with E-state index in [-0.39, 0.29) is 5.56 Å². The maximum Gasteiger partial charge on any atom is 0.260 e. The van der Waals surface area contributed by atoms with Crippen LogP contribution in [0.3, 0.4) is 0 Å². The highest BCUT2D eigenvalue weighted by Crippen LogP contribution is 2.31. The quantitative estimate of drug-likeness (QED) is 0.390. The number of ketones is 1. The summed E-state index contributed by atoms with van der Waals surface area (Å²) in [6, 6.07) is 20.0. The zero-order chi connectivity index (χ0) is 19.5. The van der Waals surface area contributed by atoms with Crippen LogP contribution in [-0.2, 0) is 0 Å². The lowest BCUT2D eigenvalue weighted by Crippen LogP contribution is -2.18. The Kier molecular flexibility index (Phi) is 4.87. The standard InChI is InChI=1S/C23H15ClN2O2/c24-16-9-11-19-18(14-16)21(15-6-2-1-3-7-15)22(23(28)26-19)20(27)12-10-17-8-4-5-13-25-17/h1-14H,(H,26,28). The molecule has 0 aliphatic heterocycles. The zero-order valence-electron chi connectivity index (χ0n) is 14.7. The monoisotopic (exact) mass is 386 g/mol. The normalized spacial score (nSPS) is 11.2. The molecule has 136 valence electrons. The molecule has 2 aromatic heterocycles. The number of hydrogen-bond donors (Lipinski definition) is 1. The number of allylic oxidation sites excluding steroid dienone is 1. The van der Waals surface area contributed by atoms with Gasteiger partial charge in [0.1, 0.15) is 0 Å². The van der Waals surface area contributed by atoms with E-state index in [1.165, 1.54) is 6.08 Å². The van der Waals surface area contributed by atoms with Gasteiger partial charge in [-0.2, -0.15) is 0 Å². The van der Waals surface area contributed by atoms with Gasteiger partial charge in [0.2, 0.25) is 0 Å². The molecule has 0 fully saturated rings. The average Bonchev–Trinajstić information content (AvgIpc) is 2.73. The van der Waals surface area contributed by atoms with Crippen LogP contribution in [0.5, 0.6) is 0 Å². The molecule has 0 unspecified atom stereocenters. The van der Waals surface area contributed by atoms with Gasteiger partial charge in [0, 0.05) is 27.7 Å². The van der Waals surface area contributed by atoms with Crippen LogP contribution < -0.4 is 5.56 Å². The summed E-state index contributed by atoms with van der Waals surface area (Å²) in [4.78, 5) is 32.8. The predicted octanol–water partition coefficient (Wildman–Crippen LogP) is 5.14. The third kappa shape index (κ3) is 3.50. The number of H-pyrrole nitrogens is 1. The Bertz CT molecular complexity index is 1250. The highest BCUT2D eigenvalue weighted by atomic mass is 35.5. The average molecular weight is 387 g/mol. The highest BCUT2D eigenvalue weighted by molar-refractivity contribution is 6.31. The number of nitrogens with zero attached hydrogens (tertiary/aromatic N) is 1. The molecule has 4 rings (SSSR count). The van der Waals surface area contributed by atoms with Crippen molar-refractivity contribution < 1.29 is 4.79 Å². The van der Waals surface area contributed by atoms with E-state index < -0.39 is 11.3 Å². The first kappa shape index (κ1) is 17.9. The lowest BCUT2D eigenvalue weighted by Gasteiger charge is -2.11. The van der Waals surface area contributed by atoms with E-state index in [0.29, 0.717) is 27.2 Å². The molecule has 1 N–H and O–H groups in total. The number of nitrogens with one attached hydrogen (secondary N) is 1. The summed E-state index contributed by atoms with van der Waals surface area (Å²) in [7, 11) is 0. The topological polar surface area (TPSA) is 62.8 Å². The van der Waals surface area contributed by atoms with Crippen LogP contribution in [0.4, 0.5) is 0 Å². The highest BCUT2D eigenvalue weighted by Gasteiger charge is 2.19. The molecule has 0 aliphatic rings. The maximum atomic E-state index is 13.0. The summed E-state index contributed by atoms with van der Waals surface area (Å²) in [6.45, 7) is 0. The SMILES string of the molecule is O=C(C=Cc1ccccn1)c1c(-c2ccccc2)c2cc(Cl)ccc2[nH]c1=O. The minimum Gasteiger partial charge on any atom is -0.321 e. The van der Waals surface area contributed by atoms with Gasteiger partial charge in [0.15, 0.2) is 5.78 Å². The lowest BCUT2D eigenvalue weighted by atomic mass is 9.94. The third-order valence-corrected chi connectivity index (χ3v) is 4.61. The molecule has 0 atom stereocenters. The van der Waals surface area contributed by atoms with Gasteiger partial charge in [0.25, 0.3) is 5.56 Å². The van der Waals surface area contributed by atoms with Crippen LogP contribution in [0.1, 0.15) is 16.1 Å². The first-order valence-electron chi connectivity index (χ1n) is 8.68. The zero-order valence-corrected chi connectivity index (χ0v) is 15.5. The fraction of sp³-hybridized carbons (Fsp3) is 0. The first-order chi connectivity index (χ1) is 13.6. The number of halogens is 1. The Morgan fingerprint density at radius 2 is 1.79 bits per heavy atom. The number of hydrogen-bond acceptors (Lipinski definition) is 3. The number of carbonyl (C=O) groups is 1. The van der Waals surface area contributed by atoms with Crippen molar-refractivity contribution in [1.29, 1.82) is 0 Å². The number of aromatic nitrogens is 2. The summed E-state index contributed by atoms with van der Waals surface area (Å²) >= 11 is 6.19. The van der Waals surface area contributed by atoms with Gasteiger partial charge in [-0.25, -0.2) is 0 Å². The number of carbonyl (C=O) groups excluding carboxylic acids is 1. The summed E-state index contributed by atoms with van der Waals surface area (Å²) in [5.74, 6) is -0.396. The first-order valence-corrected chi connectivity index (χ1v) is 9.06. The Labute approximate surface area is 166 Å².